The Morgan fingerprint density at radius 3 is 2.43 bits per heavy atom. The maximum Gasteiger partial charge on any atom is 0.123 e. The molecule has 0 aliphatic carbocycles. The highest BCUT2D eigenvalue weighted by atomic mass is 32.2. The Morgan fingerprint density at radius 1 is 1.19 bits per heavy atom. The minimum Gasteiger partial charge on any atom is -0.497 e. The topological polar surface area (TPSA) is 30.5 Å². The van der Waals surface area contributed by atoms with Crippen LogP contribution < -0.4 is 14.8 Å². The third-order valence-electron chi connectivity index (χ3n) is 3.14. The largest absolute Gasteiger partial charge is 0.497 e. The lowest BCUT2D eigenvalue weighted by molar-refractivity contribution is 0.392. The maximum absolute atomic E-state index is 5.53. The van der Waals surface area contributed by atoms with Gasteiger partial charge in [-0.05, 0) is 31.2 Å². The summed E-state index contributed by atoms with van der Waals surface area (Å²) in [6, 6.07) is 6.27. The molecule has 0 spiro atoms. The first kappa shape index (κ1) is 18.2. The molecule has 0 bridgehead atoms. The standard InChI is InChI=1S/C17H29NO2S/c1-7-10-18-15(12-21-17(2,3)4)14-11-13(19-5)8-9-16(14)20-6/h8-9,11,15,18H,7,10,12H2,1-6H3. The molecule has 1 atom stereocenters. The van der Waals surface area contributed by atoms with E-state index in [1.807, 2.05) is 23.9 Å². The number of hydrogen-bond acceptors (Lipinski definition) is 4. The summed E-state index contributed by atoms with van der Waals surface area (Å²) in [5.41, 5.74) is 1.17. The molecule has 0 aliphatic heterocycles. The Morgan fingerprint density at radius 2 is 1.90 bits per heavy atom. The summed E-state index contributed by atoms with van der Waals surface area (Å²) in [5.74, 6) is 2.79. The van der Waals surface area contributed by atoms with Gasteiger partial charge in [0.15, 0.2) is 0 Å². The number of rotatable bonds is 8. The molecule has 0 saturated heterocycles. The molecule has 120 valence electrons. The van der Waals surface area contributed by atoms with Crippen LogP contribution in [-0.2, 0) is 0 Å². The Balaban J connectivity index is 2.99. The van der Waals surface area contributed by atoms with Gasteiger partial charge in [-0.3, -0.25) is 0 Å². The second-order valence-corrected chi connectivity index (χ2v) is 7.88. The van der Waals surface area contributed by atoms with Crippen molar-refractivity contribution in [3.8, 4) is 11.5 Å². The second-order valence-electron chi connectivity index (χ2n) is 6.04. The number of hydrogen-bond donors (Lipinski definition) is 1. The van der Waals surface area contributed by atoms with Gasteiger partial charge in [0.25, 0.3) is 0 Å². The fourth-order valence-corrected chi connectivity index (χ4v) is 2.99. The van der Waals surface area contributed by atoms with Crippen LogP contribution in [0.1, 0.15) is 45.7 Å². The van der Waals surface area contributed by atoms with E-state index < -0.39 is 0 Å². The number of nitrogens with one attached hydrogen (secondary N) is 1. The van der Waals surface area contributed by atoms with Gasteiger partial charge in [-0.25, -0.2) is 0 Å². The van der Waals surface area contributed by atoms with E-state index in [0.29, 0.717) is 0 Å². The lowest BCUT2D eigenvalue weighted by Gasteiger charge is -2.25. The highest BCUT2D eigenvalue weighted by Gasteiger charge is 2.20. The van der Waals surface area contributed by atoms with Gasteiger partial charge in [-0.1, -0.05) is 27.7 Å². The average Bonchev–Trinajstić information content (AvgIpc) is 2.45. The molecule has 1 unspecified atom stereocenters. The van der Waals surface area contributed by atoms with Crippen molar-refractivity contribution in [2.75, 3.05) is 26.5 Å². The van der Waals surface area contributed by atoms with Gasteiger partial charge in [-0.2, -0.15) is 11.8 Å². The van der Waals surface area contributed by atoms with Gasteiger partial charge in [0.1, 0.15) is 11.5 Å². The van der Waals surface area contributed by atoms with Crippen molar-refractivity contribution in [2.24, 2.45) is 0 Å². The molecule has 0 saturated carbocycles. The van der Waals surface area contributed by atoms with E-state index in [9.17, 15) is 0 Å². The summed E-state index contributed by atoms with van der Waals surface area (Å²) in [4.78, 5) is 0. The van der Waals surface area contributed by atoms with Crippen LogP contribution in [0.4, 0.5) is 0 Å². The van der Waals surface area contributed by atoms with Gasteiger partial charge in [-0.15, -0.1) is 0 Å². The van der Waals surface area contributed by atoms with E-state index in [4.69, 9.17) is 9.47 Å². The maximum atomic E-state index is 5.53. The predicted octanol–water partition coefficient (Wildman–Crippen LogP) is 4.28. The van der Waals surface area contributed by atoms with Crippen LogP contribution in [0.3, 0.4) is 0 Å². The van der Waals surface area contributed by atoms with Crippen LogP contribution >= 0.6 is 11.8 Å². The summed E-state index contributed by atoms with van der Waals surface area (Å²) in [6.45, 7) is 9.92. The first-order valence-corrected chi connectivity index (χ1v) is 8.49. The third-order valence-corrected chi connectivity index (χ3v) is 4.50. The third kappa shape index (κ3) is 6.18. The number of benzene rings is 1. The molecular weight excluding hydrogens is 282 g/mol. The van der Waals surface area contributed by atoms with Crippen LogP contribution in [0.25, 0.3) is 0 Å². The van der Waals surface area contributed by atoms with E-state index in [0.717, 1.165) is 30.2 Å². The van der Waals surface area contributed by atoms with E-state index >= 15 is 0 Å². The summed E-state index contributed by atoms with van der Waals surface area (Å²) in [7, 11) is 3.42. The zero-order valence-corrected chi connectivity index (χ0v) is 15.0. The number of thioether (sulfide) groups is 1. The Labute approximate surface area is 133 Å². The van der Waals surface area contributed by atoms with Crippen molar-refractivity contribution in [3.05, 3.63) is 23.8 Å². The van der Waals surface area contributed by atoms with Crippen LogP contribution in [0.5, 0.6) is 11.5 Å². The lowest BCUT2D eigenvalue weighted by Crippen LogP contribution is -2.26. The Kier molecular flexibility index (Phi) is 7.40. The molecule has 1 N–H and O–H groups in total. The average molecular weight is 311 g/mol. The highest BCUT2D eigenvalue weighted by molar-refractivity contribution is 8.00. The Hall–Kier alpha value is -0.870. The molecule has 4 heteroatoms. The van der Waals surface area contributed by atoms with Gasteiger partial charge in [0.05, 0.1) is 14.2 Å². The van der Waals surface area contributed by atoms with Crippen LogP contribution in [0.2, 0.25) is 0 Å². The van der Waals surface area contributed by atoms with Crippen molar-refractivity contribution in [3.63, 3.8) is 0 Å². The molecular formula is C17H29NO2S. The molecule has 1 rings (SSSR count). The van der Waals surface area contributed by atoms with Crippen LogP contribution in [-0.4, -0.2) is 31.3 Å². The first-order chi connectivity index (χ1) is 9.91. The minimum atomic E-state index is 0.248. The number of methoxy groups -OCH3 is 2. The van der Waals surface area contributed by atoms with E-state index in [-0.39, 0.29) is 10.8 Å². The lowest BCUT2D eigenvalue weighted by atomic mass is 10.1. The zero-order valence-electron chi connectivity index (χ0n) is 14.2. The van der Waals surface area contributed by atoms with E-state index in [1.54, 1.807) is 14.2 Å². The molecule has 1 aromatic rings. The van der Waals surface area contributed by atoms with Crippen molar-refractivity contribution in [1.29, 1.82) is 0 Å². The molecule has 0 heterocycles. The van der Waals surface area contributed by atoms with Gasteiger partial charge >= 0.3 is 0 Å². The van der Waals surface area contributed by atoms with Gasteiger partial charge < -0.3 is 14.8 Å². The summed E-state index contributed by atoms with van der Waals surface area (Å²) in [5, 5.41) is 3.63. The molecule has 0 aromatic heterocycles. The summed E-state index contributed by atoms with van der Waals surface area (Å²) in [6.07, 6.45) is 1.11. The normalized spacial score (nSPS) is 13.0. The molecule has 0 fully saturated rings. The van der Waals surface area contributed by atoms with Crippen LogP contribution in [0.15, 0.2) is 18.2 Å². The predicted molar refractivity (Wildman–Crippen MR) is 92.8 cm³/mol. The smallest absolute Gasteiger partial charge is 0.123 e. The highest BCUT2D eigenvalue weighted by Crippen LogP contribution is 2.34. The van der Waals surface area contributed by atoms with Gasteiger partial charge in [0, 0.05) is 22.1 Å². The molecule has 21 heavy (non-hydrogen) atoms. The van der Waals surface area contributed by atoms with E-state index in [1.165, 1.54) is 5.56 Å². The second kappa shape index (κ2) is 8.54. The van der Waals surface area contributed by atoms with Crippen LogP contribution in [0, 0.1) is 0 Å². The Bertz CT molecular complexity index is 429. The molecule has 1 aromatic carbocycles. The molecule has 0 radical (unpaired) electrons. The molecule has 0 amide bonds. The zero-order chi connectivity index (χ0) is 15.9. The monoisotopic (exact) mass is 311 g/mol. The fourth-order valence-electron chi connectivity index (χ4n) is 2.02. The van der Waals surface area contributed by atoms with E-state index in [2.05, 4.69) is 39.1 Å². The minimum absolute atomic E-state index is 0.248. The van der Waals surface area contributed by atoms with Crippen molar-refractivity contribution in [2.45, 2.75) is 44.9 Å². The van der Waals surface area contributed by atoms with Crippen molar-refractivity contribution < 1.29 is 9.47 Å². The first-order valence-electron chi connectivity index (χ1n) is 7.50. The fraction of sp³-hybridized carbons (Fsp3) is 0.647. The van der Waals surface area contributed by atoms with Crippen molar-refractivity contribution in [1.82, 2.24) is 5.32 Å². The van der Waals surface area contributed by atoms with Gasteiger partial charge in [0.2, 0.25) is 0 Å². The van der Waals surface area contributed by atoms with Crippen molar-refractivity contribution >= 4 is 11.8 Å². The number of ether oxygens (including phenoxy) is 2. The summed E-state index contributed by atoms with van der Waals surface area (Å²) < 4.78 is 11.1. The molecule has 0 aliphatic rings. The molecule has 3 nitrogen and oxygen atoms in total. The SMILES string of the molecule is CCCNC(CSC(C)(C)C)c1cc(OC)ccc1OC. The quantitative estimate of drug-likeness (QED) is 0.776. The summed E-state index contributed by atoms with van der Waals surface area (Å²) >= 11 is 1.96.